The van der Waals surface area contributed by atoms with Crippen molar-refractivity contribution >= 4 is 41.0 Å². The van der Waals surface area contributed by atoms with Crippen LogP contribution in [0.15, 0.2) is 48.5 Å². The van der Waals surface area contributed by atoms with Crippen LogP contribution in [-0.4, -0.2) is 30.4 Å². The van der Waals surface area contributed by atoms with E-state index in [1.165, 1.54) is 17.1 Å². The van der Waals surface area contributed by atoms with Crippen molar-refractivity contribution in [1.82, 2.24) is 5.32 Å². The van der Waals surface area contributed by atoms with Crippen LogP contribution in [-0.2, 0) is 11.2 Å². The van der Waals surface area contributed by atoms with Gasteiger partial charge in [-0.05, 0) is 35.4 Å². The van der Waals surface area contributed by atoms with Crippen molar-refractivity contribution in [3.63, 3.8) is 0 Å². The molecule has 4 nitrogen and oxygen atoms in total. The topological polar surface area (TPSA) is 58.2 Å². The second-order valence-corrected chi connectivity index (χ2v) is 8.42. The third kappa shape index (κ3) is 4.80. The van der Waals surface area contributed by atoms with Crippen molar-refractivity contribution in [1.29, 1.82) is 0 Å². The highest BCUT2D eigenvalue weighted by atomic mass is 32.2. The van der Waals surface area contributed by atoms with Crippen molar-refractivity contribution in [2.75, 3.05) is 23.9 Å². The number of benzene rings is 2. The molecule has 2 aromatic rings. The summed E-state index contributed by atoms with van der Waals surface area (Å²) in [7, 11) is 1.62. The summed E-state index contributed by atoms with van der Waals surface area (Å²) in [6.07, 6.45) is 0.337. The van der Waals surface area contributed by atoms with E-state index in [0.717, 1.165) is 11.3 Å². The van der Waals surface area contributed by atoms with Crippen LogP contribution in [0.3, 0.4) is 0 Å². The number of nitrogens with one attached hydrogen (secondary N) is 2. The summed E-state index contributed by atoms with van der Waals surface area (Å²) in [5.41, 5.74) is 3.54. The quantitative estimate of drug-likeness (QED) is 0.840. The lowest BCUT2D eigenvalue weighted by atomic mass is 10.1. The minimum absolute atomic E-state index is 0.0320. The molecule has 0 atom stereocenters. The number of carbonyl (C=O) groups is 2. The molecule has 130 valence electrons. The van der Waals surface area contributed by atoms with Crippen LogP contribution in [0, 0.1) is 0 Å². The van der Waals surface area contributed by atoms with Crippen LogP contribution in [0.25, 0.3) is 0 Å². The summed E-state index contributed by atoms with van der Waals surface area (Å²) in [5, 5.41) is 5.49. The Morgan fingerprint density at radius 3 is 2.24 bits per heavy atom. The van der Waals surface area contributed by atoms with Gasteiger partial charge >= 0.3 is 0 Å². The zero-order valence-electron chi connectivity index (χ0n) is 14.0. The van der Waals surface area contributed by atoms with Gasteiger partial charge in [-0.15, -0.1) is 23.5 Å². The fourth-order valence-electron chi connectivity index (χ4n) is 2.53. The zero-order valence-corrected chi connectivity index (χ0v) is 15.6. The first-order chi connectivity index (χ1) is 12.2. The molecule has 6 heteroatoms. The molecule has 1 saturated heterocycles. The normalized spacial score (nSPS) is 14.3. The van der Waals surface area contributed by atoms with Gasteiger partial charge in [-0.25, -0.2) is 0 Å². The first-order valence-electron chi connectivity index (χ1n) is 8.10. The first-order valence-corrected chi connectivity index (χ1v) is 10.2. The Hall–Kier alpha value is -1.92. The minimum atomic E-state index is -0.127. The molecule has 0 radical (unpaired) electrons. The standard InChI is InChI=1S/C19H20N2O2S2/c1-20-17(22)12-13-2-8-16(9-3-13)21-18(23)14-4-6-15(7-5-14)19-24-10-11-25-19/h2-9,19H,10-12H2,1H3,(H,20,22)(H,21,23). The number of hydrogen-bond acceptors (Lipinski definition) is 4. The maximum absolute atomic E-state index is 12.4. The first kappa shape index (κ1) is 17.9. The van der Waals surface area contributed by atoms with Gasteiger partial charge in [0.2, 0.25) is 5.91 Å². The molecule has 1 fully saturated rings. The molecular formula is C19H20N2O2S2. The van der Waals surface area contributed by atoms with Crippen molar-refractivity contribution < 1.29 is 9.59 Å². The molecule has 25 heavy (non-hydrogen) atoms. The second kappa shape index (κ2) is 8.45. The third-order valence-electron chi connectivity index (χ3n) is 3.92. The Balaban J connectivity index is 1.60. The van der Waals surface area contributed by atoms with E-state index >= 15 is 0 Å². The monoisotopic (exact) mass is 372 g/mol. The lowest BCUT2D eigenvalue weighted by Crippen LogP contribution is -2.19. The maximum Gasteiger partial charge on any atom is 0.255 e. The molecule has 0 unspecified atom stereocenters. The fourth-order valence-corrected chi connectivity index (χ4v) is 5.38. The van der Waals surface area contributed by atoms with Gasteiger partial charge in [0.1, 0.15) is 0 Å². The Kier molecular flexibility index (Phi) is 6.04. The predicted molar refractivity (Wildman–Crippen MR) is 106 cm³/mol. The summed E-state index contributed by atoms with van der Waals surface area (Å²) in [5.74, 6) is 2.22. The molecule has 0 aliphatic carbocycles. The van der Waals surface area contributed by atoms with Crippen molar-refractivity contribution in [3.8, 4) is 0 Å². The van der Waals surface area contributed by atoms with E-state index < -0.39 is 0 Å². The van der Waals surface area contributed by atoms with Crippen LogP contribution in [0.5, 0.6) is 0 Å². The van der Waals surface area contributed by atoms with E-state index in [-0.39, 0.29) is 11.8 Å². The highest BCUT2D eigenvalue weighted by molar-refractivity contribution is 8.19. The summed E-state index contributed by atoms with van der Waals surface area (Å²) in [6.45, 7) is 0. The zero-order chi connectivity index (χ0) is 17.6. The van der Waals surface area contributed by atoms with Crippen molar-refractivity contribution in [2.45, 2.75) is 11.0 Å². The highest BCUT2D eigenvalue weighted by Crippen LogP contribution is 2.45. The van der Waals surface area contributed by atoms with Gasteiger partial charge in [0.25, 0.3) is 5.91 Å². The van der Waals surface area contributed by atoms with Crippen molar-refractivity contribution in [3.05, 3.63) is 65.2 Å². The van der Waals surface area contributed by atoms with Crippen LogP contribution in [0.4, 0.5) is 5.69 Å². The molecule has 0 bridgehead atoms. The molecule has 1 aliphatic rings. The van der Waals surface area contributed by atoms with Crippen molar-refractivity contribution in [2.24, 2.45) is 0 Å². The van der Waals surface area contributed by atoms with Gasteiger partial charge in [0.05, 0.1) is 11.0 Å². The second-order valence-electron chi connectivity index (χ2n) is 5.70. The van der Waals surface area contributed by atoms with E-state index in [1.807, 2.05) is 72.1 Å². The van der Waals surface area contributed by atoms with E-state index in [2.05, 4.69) is 10.6 Å². The SMILES string of the molecule is CNC(=O)Cc1ccc(NC(=O)c2ccc(C3SCCS3)cc2)cc1. The molecule has 2 N–H and O–H groups in total. The Bertz CT molecular complexity index is 739. The lowest BCUT2D eigenvalue weighted by Gasteiger charge is -2.10. The van der Waals surface area contributed by atoms with Gasteiger partial charge in [-0.1, -0.05) is 24.3 Å². The number of amides is 2. The molecular weight excluding hydrogens is 352 g/mol. The molecule has 1 aliphatic heterocycles. The molecule has 3 rings (SSSR count). The minimum Gasteiger partial charge on any atom is -0.359 e. The molecule has 0 spiro atoms. The Labute approximate surface area is 156 Å². The average molecular weight is 373 g/mol. The van der Waals surface area contributed by atoms with Crippen LogP contribution in [0.2, 0.25) is 0 Å². The van der Waals surface area contributed by atoms with Gasteiger partial charge in [0, 0.05) is 29.8 Å². The largest absolute Gasteiger partial charge is 0.359 e. The molecule has 1 heterocycles. The Morgan fingerprint density at radius 1 is 1.00 bits per heavy atom. The molecule has 2 amide bonds. The lowest BCUT2D eigenvalue weighted by molar-refractivity contribution is -0.119. The maximum atomic E-state index is 12.4. The van der Waals surface area contributed by atoms with Crippen LogP contribution < -0.4 is 10.6 Å². The number of carbonyl (C=O) groups excluding carboxylic acids is 2. The molecule has 0 saturated carbocycles. The van der Waals surface area contributed by atoms with Gasteiger partial charge in [-0.2, -0.15) is 0 Å². The summed E-state index contributed by atoms with van der Waals surface area (Å²) >= 11 is 3.91. The van der Waals surface area contributed by atoms with Crippen LogP contribution >= 0.6 is 23.5 Å². The molecule has 0 aromatic heterocycles. The van der Waals surface area contributed by atoms with Gasteiger partial charge < -0.3 is 10.6 Å². The third-order valence-corrected chi connectivity index (χ3v) is 7.03. The number of anilines is 1. The Morgan fingerprint density at radius 2 is 1.64 bits per heavy atom. The number of hydrogen-bond donors (Lipinski definition) is 2. The number of likely N-dealkylation sites (N-methyl/N-ethyl adjacent to an activating group) is 1. The van der Waals surface area contributed by atoms with E-state index in [0.29, 0.717) is 16.6 Å². The average Bonchev–Trinajstić information content (AvgIpc) is 3.18. The number of thioether (sulfide) groups is 2. The number of rotatable bonds is 5. The van der Waals surface area contributed by atoms with Gasteiger partial charge in [-0.3, -0.25) is 9.59 Å². The molecule has 2 aromatic carbocycles. The van der Waals surface area contributed by atoms with Gasteiger partial charge in [0.15, 0.2) is 0 Å². The van der Waals surface area contributed by atoms with E-state index in [4.69, 9.17) is 0 Å². The summed E-state index contributed by atoms with van der Waals surface area (Å²) in [6, 6.07) is 15.2. The van der Waals surface area contributed by atoms with E-state index in [1.54, 1.807) is 7.05 Å². The summed E-state index contributed by atoms with van der Waals surface area (Å²) < 4.78 is 0.491. The smallest absolute Gasteiger partial charge is 0.255 e. The predicted octanol–water partition coefficient (Wildman–Crippen LogP) is 3.71. The summed E-state index contributed by atoms with van der Waals surface area (Å²) in [4.78, 5) is 23.7. The van der Waals surface area contributed by atoms with Crippen LogP contribution in [0.1, 0.15) is 26.1 Å². The van der Waals surface area contributed by atoms with E-state index in [9.17, 15) is 9.59 Å². The fraction of sp³-hybridized carbons (Fsp3) is 0.263. The highest BCUT2D eigenvalue weighted by Gasteiger charge is 2.18.